The van der Waals surface area contributed by atoms with Crippen molar-refractivity contribution in [2.24, 2.45) is 0 Å². The molecule has 2 rings (SSSR count). The molecule has 2 N–H and O–H groups in total. The fourth-order valence-electron chi connectivity index (χ4n) is 2.38. The van der Waals surface area contributed by atoms with E-state index in [1.807, 2.05) is 6.92 Å². The van der Waals surface area contributed by atoms with E-state index in [9.17, 15) is 14.4 Å². The molecule has 0 spiro atoms. The standard InChI is InChI=1S/C17H19BrN2O5/c1-3-12-14(16(22)24-4-2)13(20-17(23)19-12)9-25-15(21)10-5-7-11(18)8-6-10/h5-8,12H,3-4,9H2,1-2H3,(H2,19,20,23)/t12-/m0/s1. The predicted molar refractivity (Wildman–Crippen MR) is 93.8 cm³/mol. The molecule has 1 heterocycles. The lowest BCUT2D eigenvalue weighted by Crippen LogP contribution is -2.51. The molecule has 0 unspecified atom stereocenters. The van der Waals surface area contributed by atoms with Gasteiger partial charge in [-0.2, -0.15) is 0 Å². The van der Waals surface area contributed by atoms with Crippen LogP contribution in [0.25, 0.3) is 0 Å². The zero-order valence-corrected chi connectivity index (χ0v) is 15.5. The molecule has 1 aromatic carbocycles. The fraction of sp³-hybridized carbons (Fsp3) is 0.353. The summed E-state index contributed by atoms with van der Waals surface area (Å²) < 4.78 is 11.1. The Bertz CT molecular complexity index is 699. The molecular weight excluding hydrogens is 392 g/mol. The van der Waals surface area contributed by atoms with Gasteiger partial charge in [0.05, 0.1) is 29.5 Å². The van der Waals surface area contributed by atoms with Crippen molar-refractivity contribution in [3.8, 4) is 0 Å². The number of ether oxygens (including phenoxy) is 2. The fourth-order valence-corrected chi connectivity index (χ4v) is 2.65. The van der Waals surface area contributed by atoms with Crippen molar-refractivity contribution < 1.29 is 23.9 Å². The second-order valence-corrected chi connectivity index (χ2v) is 6.17. The second-order valence-electron chi connectivity index (χ2n) is 5.26. The number of esters is 2. The first kappa shape index (κ1) is 19.0. The quantitative estimate of drug-likeness (QED) is 0.702. The van der Waals surface area contributed by atoms with E-state index in [2.05, 4.69) is 26.6 Å². The molecule has 2 amide bonds. The van der Waals surface area contributed by atoms with Gasteiger partial charge in [-0.1, -0.05) is 22.9 Å². The predicted octanol–water partition coefficient (Wildman–Crippen LogP) is 2.51. The van der Waals surface area contributed by atoms with E-state index in [4.69, 9.17) is 9.47 Å². The lowest BCUT2D eigenvalue weighted by atomic mass is 10.0. The molecule has 0 radical (unpaired) electrons. The summed E-state index contributed by atoms with van der Waals surface area (Å²) in [6.07, 6.45) is 0.506. The number of benzene rings is 1. The molecule has 0 bridgehead atoms. The third-order valence-electron chi connectivity index (χ3n) is 3.57. The maximum atomic E-state index is 12.2. The largest absolute Gasteiger partial charge is 0.463 e. The molecule has 0 saturated heterocycles. The molecule has 7 nitrogen and oxygen atoms in total. The van der Waals surface area contributed by atoms with Gasteiger partial charge in [0, 0.05) is 4.47 Å². The molecule has 1 aliphatic heterocycles. The summed E-state index contributed by atoms with van der Waals surface area (Å²) in [6, 6.07) is 5.73. The normalized spacial score (nSPS) is 16.8. The van der Waals surface area contributed by atoms with E-state index in [1.165, 1.54) is 0 Å². The number of halogens is 1. The molecule has 0 saturated carbocycles. The molecule has 134 valence electrons. The molecule has 0 aliphatic carbocycles. The third kappa shape index (κ3) is 4.82. The van der Waals surface area contributed by atoms with Crippen LogP contribution in [0.3, 0.4) is 0 Å². The van der Waals surface area contributed by atoms with E-state index in [0.717, 1.165) is 4.47 Å². The van der Waals surface area contributed by atoms with Crippen molar-refractivity contribution >= 4 is 33.9 Å². The first-order valence-electron chi connectivity index (χ1n) is 7.86. The number of hydrogen-bond donors (Lipinski definition) is 2. The van der Waals surface area contributed by atoms with E-state index in [1.54, 1.807) is 31.2 Å². The number of urea groups is 1. The van der Waals surface area contributed by atoms with Gasteiger partial charge in [-0.3, -0.25) is 0 Å². The summed E-state index contributed by atoms with van der Waals surface area (Å²) in [5.41, 5.74) is 0.876. The van der Waals surface area contributed by atoms with Gasteiger partial charge in [0.15, 0.2) is 0 Å². The van der Waals surface area contributed by atoms with Crippen LogP contribution in [0.5, 0.6) is 0 Å². The summed E-state index contributed by atoms with van der Waals surface area (Å²) in [7, 11) is 0. The highest BCUT2D eigenvalue weighted by atomic mass is 79.9. The monoisotopic (exact) mass is 410 g/mol. The Labute approximate surface area is 153 Å². The molecule has 1 aromatic rings. The summed E-state index contributed by atoms with van der Waals surface area (Å²) in [4.78, 5) is 36.1. The van der Waals surface area contributed by atoms with Gasteiger partial charge in [-0.15, -0.1) is 0 Å². The number of amides is 2. The molecule has 1 atom stereocenters. The zero-order chi connectivity index (χ0) is 18.4. The lowest BCUT2D eigenvalue weighted by molar-refractivity contribution is -0.139. The van der Waals surface area contributed by atoms with Crippen LogP contribution < -0.4 is 10.6 Å². The molecule has 1 aliphatic rings. The van der Waals surface area contributed by atoms with E-state index in [0.29, 0.717) is 12.0 Å². The maximum absolute atomic E-state index is 12.2. The number of carbonyl (C=O) groups excluding carboxylic acids is 3. The second kappa shape index (κ2) is 8.66. The van der Waals surface area contributed by atoms with Crippen LogP contribution in [-0.4, -0.2) is 37.2 Å². The Morgan fingerprint density at radius 2 is 1.80 bits per heavy atom. The van der Waals surface area contributed by atoms with Crippen LogP contribution in [0.1, 0.15) is 30.6 Å². The minimum absolute atomic E-state index is 0.207. The first-order chi connectivity index (χ1) is 12.0. The molecule has 25 heavy (non-hydrogen) atoms. The summed E-state index contributed by atoms with van der Waals surface area (Å²) >= 11 is 3.29. The van der Waals surface area contributed by atoms with Crippen LogP contribution in [0.4, 0.5) is 4.79 Å². The van der Waals surface area contributed by atoms with Gasteiger partial charge in [-0.25, -0.2) is 14.4 Å². The van der Waals surface area contributed by atoms with Gasteiger partial charge in [0.1, 0.15) is 6.61 Å². The van der Waals surface area contributed by atoms with Crippen LogP contribution in [-0.2, 0) is 14.3 Å². The van der Waals surface area contributed by atoms with Gasteiger partial charge >= 0.3 is 18.0 Å². The Morgan fingerprint density at radius 3 is 2.40 bits per heavy atom. The average molecular weight is 411 g/mol. The van der Waals surface area contributed by atoms with Crippen molar-refractivity contribution in [2.45, 2.75) is 26.3 Å². The number of rotatable bonds is 6. The maximum Gasteiger partial charge on any atom is 0.338 e. The number of hydrogen-bond acceptors (Lipinski definition) is 5. The Hall–Kier alpha value is -2.35. The number of carbonyl (C=O) groups is 3. The third-order valence-corrected chi connectivity index (χ3v) is 4.10. The van der Waals surface area contributed by atoms with Crippen LogP contribution >= 0.6 is 15.9 Å². The van der Waals surface area contributed by atoms with Gasteiger partial charge < -0.3 is 20.1 Å². The van der Waals surface area contributed by atoms with Gasteiger partial charge in [-0.05, 0) is 37.6 Å². The zero-order valence-electron chi connectivity index (χ0n) is 13.9. The van der Waals surface area contributed by atoms with E-state index < -0.39 is 24.0 Å². The summed E-state index contributed by atoms with van der Waals surface area (Å²) in [6.45, 7) is 3.51. The smallest absolute Gasteiger partial charge is 0.338 e. The van der Waals surface area contributed by atoms with Crippen molar-refractivity contribution in [2.75, 3.05) is 13.2 Å². The first-order valence-corrected chi connectivity index (χ1v) is 8.65. The molecule has 8 heteroatoms. The van der Waals surface area contributed by atoms with Crippen molar-refractivity contribution in [3.05, 3.63) is 45.6 Å². The van der Waals surface area contributed by atoms with E-state index >= 15 is 0 Å². The highest BCUT2D eigenvalue weighted by molar-refractivity contribution is 9.10. The molecule has 0 aromatic heterocycles. The lowest BCUT2D eigenvalue weighted by Gasteiger charge is -2.28. The summed E-state index contributed by atoms with van der Waals surface area (Å²) in [5.74, 6) is -1.10. The Balaban J connectivity index is 2.19. The minimum Gasteiger partial charge on any atom is -0.463 e. The highest BCUT2D eigenvalue weighted by Crippen LogP contribution is 2.18. The van der Waals surface area contributed by atoms with E-state index in [-0.39, 0.29) is 24.5 Å². The Kier molecular flexibility index (Phi) is 6.58. The number of nitrogens with one attached hydrogen (secondary N) is 2. The van der Waals surface area contributed by atoms with Crippen molar-refractivity contribution in [3.63, 3.8) is 0 Å². The van der Waals surface area contributed by atoms with Crippen LogP contribution in [0.15, 0.2) is 40.0 Å². The molecular formula is C17H19BrN2O5. The van der Waals surface area contributed by atoms with Crippen LogP contribution in [0, 0.1) is 0 Å². The topological polar surface area (TPSA) is 93.7 Å². The average Bonchev–Trinajstić information content (AvgIpc) is 2.59. The van der Waals surface area contributed by atoms with Crippen molar-refractivity contribution in [1.82, 2.24) is 10.6 Å². The van der Waals surface area contributed by atoms with Gasteiger partial charge in [0.25, 0.3) is 0 Å². The Morgan fingerprint density at radius 1 is 1.12 bits per heavy atom. The minimum atomic E-state index is -0.552. The SMILES string of the molecule is CCOC(=O)C1=C(COC(=O)c2ccc(Br)cc2)NC(=O)N[C@H]1CC. The van der Waals surface area contributed by atoms with Crippen molar-refractivity contribution in [1.29, 1.82) is 0 Å². The summed E-state index contributed by atoms with van der Waals surface area (Å²) in [5, 5.41) is 5.19. The highest BCUT2D eigenvalue weighted by Gasteiger charge is 2.32. The van der Waals surface area contributed by atoms with Gasteiger partial charge in [0.2, 0.25) is 0 Å². The van der Waals surface area contributed by atoms with Crippen LogP contribution in [0.2, 0.25) is 0 Å². The molecule has 0 fully saturated rings.